The Hall–Kier alpha value is -4.02. The Balaban J connectivity index is 1.60. The van der Waals surface area contributed by atoms with E-state index in [1.54, 1.807) is 30.5 Å². The molecule has 10 heteroatoms. The molecule has 0 aliphatic rings. The molecule has 0 radical (unpaired) electrons. The number of hydrogen-bond donors (Lipinski definition) is 3. The first-order valence-electron chi connectivity index (χ1n) is 10.8. The first kappa shape index (κ1) is 24.1. The Kier molecular flexibility index (Phi) is 6.42. The van der Waals surface area contributed by atoms with Crippen molar-refractivity contribution >= 4 is 27.4 Å². The van der Waals surface area contributed by atoms with Gasteiger partial charge in [-0.05, 0) is 54.8 Å². The summed E-state index contributed by atoms with van der Waals surface area (Å²) in [6, 6.07) is 20.5. The second-order valence-electron chi connectivity index (χ2n) is 8.66. The average molecular weight is 492 g/mol. The molecule has 4 rings (SSSR count). The van der Waals surface area contributed by atoms with E-state index in [1.807, 2.05) is 61.1 Å². The number of rotatable bonds is 7. The molecule has 0 bridgehead atoms. The number of carbonyl (C=O) groups excluding carboxylic acids is 2. The number of nitrogens with one attached hydrogen (secondary N) is 3. The number of benzene rings is 2. The molecule has 4 aromatic rings. The molecular formula is C25H25N5O4S. The van der Waals surface area contributed by atoms with Crippen molar-refractivity contribution in [1.82, 2.24) is 25.2 Å². The van der Waals surface area contributed by atoms with Crippen LogP contribution in [0.2, 0.25) is 0 Å². The number of aromatic nitrogens is 2. The normalized spacial score (nSPS) is 11.9. The third-order valence-electron chi connectivity index (χ3n) is 5.50. The van der Waals surface area contributed by atoms with Crippen molar-refractivity contribution in [1.29, 1.82) is 0 Å². The second-order valence-corrected chi connectivity index (χ2v) is 10.4. The van der Waals surface area contributed by atoms with Crippen molar-refractivity contribution < 1.29 is 18.0 Å². The zero-order chi connectivity index (χ0) is 25.2. The number of carbonyl (C=O) groups is 2. The molecule has 0 saturated carbocycles. The van der Waals surface area contributed by atoms with Crippen molar-refractivity contribution in [3.05, 3.63) is 95.8 Å². The van der Waals surface area contributed by atoms with Crippen LogP contribution in [-0.4, -0.2) is 36.1 Å². The molecule has 2 aromatic heterocycles. The van der Waals surface area contributed by atoms with Gasteiger partial charge >= 0.3 is 0 Å². The lowest BCUT2D eigenvalue weighted by atomic mass is 9.93. The molecule has 9 nitrogen and oxygen atoms in total. The maximum absolute atomic E-state index is 13.1. The van der Waals surface area contributed by atoms with Crippen LogP contribution in [0.5, 0.6) is 0 Å². The van der Waals surface area contributed by atoms with Crippen LogP contribution in [0.25, 0.3) is 16.6 Å². The van der Waals surface area contributed by atoms with Crippen LogP contribution in [0, 0.1) is 0 Å². The van der Waals surface area contributed by atoms with Crippen molar-refractivity contribution in [2.75, 3.05) is 6.26 Å². The Bertz CT molecular complexity index is 1510. The molecule has 2 aromatic carbocycles. The van der Waals surface area contributed by atoms with Crippen LogP contribution < -0.4 is 15.6 Å². The van der Waals surface area contributed by atoms with E-state index in [0.29, 0.717) is 11.1 Å². The summed E-state index contributed by atoms with van der Waals surface area (Å²) in [5, 5.41) is 7.23. The Morgan fingerprint density at radius 3 is 2.34 bits per heavy atom. The lowest BCUT2D eigenvalue weighted by molar-refractivity contribution is 0.0910. The summed E-state index contributed by atoms with van der Waals surface area (Å²) in [6.45, 7) is 3.89. The minimum Gasteiger partial charge on any atom is -0.343 e. The van der Waals surface area contributed by atoms with Gasteiger partial charge in [-0.2, -0.15) is 5.10 Å². The fourth-order valence-electron chi connectivity index (χ4n) is 3.66. The largest absolute Gasteiger partial charge is 0.343 e. The van der Waals surface area contributed by atoms with Gasteiger partial charge in [-0.25, -0.2) is 12.9 Å². The highest BCUT2D eigenvalue weighted by Crippen LogP contribution is 2.25. The lowest BCUT2D eigenvalue weighted by Crippen LogP contribution is -2.40. The highest BCUT2D eigenvalue weighted by Gasteiger charge is 2.23. The maximum atomic E-state index is 13.1. The molecule has 0 saturated heterocycles. The fraction of sp³-hybridized carbons (Fsp3) is 0.160. The van der Waals surface area contributed by atoms with Crippen LogP contribution in [-0.2, 0) is 15.6 Å². The average Bonchev–Trinajstić information content (AvgIpc) is 3.26. The molecule has 0 aliphatic carbocycles. The summed E-state index contributed by atoms with van der Waals surface area (Å²) in [4.78, 5) is 27.5. The summed E-state index contributed by atoms with van der Waals surface area (Å²) in [5.41, 5.74) is 5.30. The summed E-state index contributed by atoms with van der Waals surface area (Å²) in [5.74, 6) is -0.850. The van der Waals surface area contributed by atoms with Gasteiger partial charge in [0.2, 0.25) is 10.0 Å². The first-order chi connectivity index (χ1) is 16.5. The van der Waals surface area contributed by atoms with Gasteiger partial charge in [0.05, 0.1) is 29.1 Å². The van der Waals surface area contributed by atoms with Crippen LogP contribution in [0.4, 0.5) is 0 Å². The minimum absolute atomic E-state index is 0.196. The number of pyridine rings is 1. The molecular weight excluding hydrogens is 466 g/mol. The van der Waals surface area contributed by atoms with E-state index in [9.17, 15) is 18.0 Å². The highest BCUT2D eigenvalue weighted by atomic mass is 32.2. The first-order valence-corrected chi connectivity index (χ1v) is 12.7. The third kappa shape index (κ3) is 5.56. The van der Waals surface area contributed by atoms with Crippen molar-refractivity contribution in [2.45, 2.75) is 19.4 Å². The molecule has 35 heavy (non-hydrogen) atoms. The Morgan fingerprint density at radius 1 is 0.914 bits per heavy atom. The number of fused-ring (bicyclic) bond motifs is 1. The number of hydrogen-bond acceptors (Lipinski definition) is 5. The quantitative estimate of drug-likeness (QED) is 0.343. The van der Waals surface area contributed by atoms with Gasteiger partial charge < -0.3 is 5.32 Å². The van der Waals surface area contributed by atoms with E-state index in [-0.39, 0.29) is 11.5 Å². The van der Waals surface area contributed by atoms with Gasteiger partial charge in [0.15, 0.2) is 0 Å². The van der Waals surface area contributed by atoms with Gasteiger partial charge in [0, 0.05) is 11.8 Å². The zero-order valence-electron chi connectivity index (χ0n) is 19.4. The summed E-state index contributed by atoms with van der Waals surface area (Å²) in [7, 11) is -3.61. The number of nitrogens with zero attached hydrogens (tertiary/aromatic N) is 2. The van der Waals surface area contributed by atoms with Gasteiger partial charge in [-0.3, -0.25) is 15.0 Å². The minimum atomic E-state index is -3.61. The molecule has 0 unspecified atom stereocenters. The molecule has 0 aliphatic heterocycles. The third-order valence-corrected chi connectivity index (χ3v) is 5.97. The van der Waals surface area contributed by atoms with E-state index in [0.717, 1.165) is 22.9 Å². The highest BCUT2D eigenvalue weighted by molar-refractivity contribution is 7.88. The molecule has 0 fully saturated rings. The molecule has 180 valence electrons. The number of amides is 2. The summed E-state index contributed by atoms with van der Waals surface area (Å²) >= 11 is 0. The molecule has 3 N–H and O–H groups in total. The van der Waals surface area contributed by atoms with E-state index in [2.05, 4.69) is 15.8 Å². The van der Waals surface area contributed by atoms with Crippen LogP contribution in [0.1, 0.15) is 40.1 Å². The monoisotopic (exact) mass is 491 g/mol. The molecule has 2 heterocycles. The standard InChI is InChI=1S/C25H25N5O4S/c1-25(2,20-10-5-4-6-11-20)27-23(31)19-9-7-8-17(14-19)18-12-13-30-22(15-18)21(16-26-30)24(32)28-29-35(3,33)34/h4-16,29H,1-3H3,(H,27,31)(H,28,32). The van der Waals surface area contributed by atoms with Crippen molar-refractivity contribution in [3.63, 3.8) is 0 Å². The van der Waals surface area contributed by atoms with Crippen LogP contribution >= 0.6 is 0 Å². The SMILES string of the molecule is CC(C)(NC(=O)c1cccc(-c2ccn3ncc(C(=O)NNS(C)(=O)=O)c3c2)c1)c1ccccc1. The summed E-state index contributed by atoms with van der Waals surface area (Å²) < 4.78 is 24.1. The number of hydrazine groups is 1. The Morgan fingerprint density at radius 2 is 1.63 bits per heavy atom. The van der Waals surface area contributed by atoms with Crippen LogP contribution in [0.3, 0.4) is 0 Å². The van der Waals surface area contributed by atoms with Gasteiger partial charge in [-0.15, -0.1) is 4.83 Å². The second kappa shape index (κ2) is 9.32. The smallest absolute Gasteiger partial charge is 0.270 e. The van der Waals surface area contributed by atoms with E-state index in [4.69, 9.17) is 0 Å². The van der Waals surface area contributed by atoms with Gasteiger partial charge in [0.25, 0.3) is 11.8 Å². The topological polar surface area (TPSA) is 122 Å². The van der Waals surface area contributed by atoms with Gasteiger partial charge in [0.1, 0.15) is 0 Å². The number of sulfonamides is 1. The molecule has 0 atom stereocenters. The molecule has 0 spiro atoms. The fourth-order valence-corrected chi connectivity index (χ4v) is 3.94. The van der Waals surface area contributed by atoms with Crippen molar-refractivity contribution in [2.24, 2.45) is 0 Å². The predicted octanol–water partition coefficient (Wildman–Crippen LogP) is 2.86. The Labute approximate surface area is 203 Å². The molecule has 2 amide bonds. The van der Waals surface area contributed by atoms with E-state index in [1.165, 1.54) is 10.7 Å². The lowest BCUT2D eigenvalue weighted by Gasteiger charge is -2.27. The summed E-state index contributed by atoms with van der Waals surface area (Å²) in [6.07, 6.45) is 3.98. The van der Waals surface area contributed by atoms with E-state index < -0.39 is 21.5 Å². The van der Waals surface area contributed by atoms with E-state index >= 15 is 0 Å². The van der Waals surface area contributed by atoms with Gasteiger partial charge in [-0.1, -0.05) is 42.5 Å². The predicted molar refractivity (Wildman–Crippen MR) is 133 cm³/mol. The van der Waals surface area contributed by atoms with Crippen molar-refractivity contribution in [3.8, 4) is 11.1 Å². The zero-order valence-corrected chi connectivity index (χ0v) is 20.3. The maximum Gasteiger partial charge on any atom is 0.270 e. The van der Waals surface area contributed by atoms with Crippen LogP contribution in [0.15, 0.2) is 79.1 Å².